The summed E-state index contributed by atoms with van der Waals surface area (Å²) in [6.07, 6.45) is 3.41. The maximum absolute atomic E-state index is 12.5. The van der Waals surface area contributed by atoms with Crippen LogP contribution < -0.4 is 20.7 Å². The van der Waals surface area contributed by atoms with Crippen molar-refractivity contribution < 1.29 is 14.3 Å². The molecule has 0 radical (unpaired) electrons. The minimum Gasteiger partial charge on any atom is -0.495 e. The third kappa shape index (κ3) is 6.19. The van der Waals surface area contributed by atoms with Gasteiger partial charge in [-0.1, -0.05) is 32.9 Å². The molecule has 1 heterocycles. The van der Waals surface area contributed by atoms with E-state index in [9.17, 15) is 9.59 Å². The SMILES string of the molecule is COc1ccccc1NC(=O)Nc1nc(CC(=O)NC2CC(C)CC(C)(C)C2)cs1. The normalized spacial score (nSPS) is 20.3. The van der Waals surface area contributed by atoms with E-state index in [-0.39, 0.29) is 23.8 Å². The molecule has 0 bridgehead atoms. The van der Waals surface area contributed by atoms with Crippen molar-refractivity contribution in [1.82, 2.24) is 10.3 Å². The molecule has 162 valence electrons. The number of nitrogens with one attached hydrogen (secondary N) is 3. The number of benzene rings is 1. The number of nitrogens with zero attached hydrogens (tertiary/aromatic N) is 1. The summed E-state index contributed by atoms with van der Waals surface area (Å²) in [6.45, 7) is 6.76. The van der Waals surface area contributed by atoms with Gasteiger partial charge in [0.2, 0.25) is 5.91 Å². The third-order valence-electron chi connectivity index (χ3n) is 5.22. The van der Waals surface area contributed by atoms with Gasteiger partial charge in [0, 0.05) is 11.4 Å². The number of hydrogen-bond donors (Lipinski definition) is 3. The Morgan fingerprint density at radius 1 is 1.23 bits per heavy atom. The number of methoxy groups -OCH3 is 1. The topological polar surface area (TPSA) is 92.3 Å². The summed E-state index contributed by atoms with van der Waals surface area (Å²) < 4.78 is 5.23. The number of anilines is 2. The van der Waals surface area contributed by atoms with E-state index >= 15 is 0 Å². The highest BCUT2D eigenvalue weighted by atomic mass is 32.1. The number of para-hydroxylation sites is 2. The molecule has 2 unspecified atom stereocenters. The van der Waals surface area contributed by atoms with E-state index < -0.39 is 6.03 Å². The number of amides is 3. The molecule has 3 rings (SSSR count). The van der Waals surface area contributed by atoms with Crippen LogP contribution in [0.25, 0.3) is 0 Å². The minimum atomic E-state index is -0.414. The van der Waals surface area contributed by atoms with Crippen LogP contribution in [0.3, 0.4) is 0 Å². The van der Waals surface area contributed by atoms with E-state index in [0.717, 1.165) is 12.8 Å². The van der Waals surface area contributed by atoms with Crippen LogP contribution in [-0.4, -0.2) is 30.1 Å². The molecule has 8 heteroatoms. The molecule has 0 aliphatic heterocycles. The first-order valence-electron chi connectivity index (χ1n) is 10.2. The van der Waals surface area contributed by atoms with Crippen LogP contribution in [-0.2, 0) is 11.2 Å². The summed E-state index contributed by atoms with van der Waals surface area (Å²) in [7, 11) is 1.55. The van der Waals surface area contributed by atoms with Crippen molar-refractivity contribution >= 4 is 34.1 Å². The van der Waals surface area contributed by atoms with Crippen LogP contribution in [0.15, 0.2) is 29.6 Å². The molecule has 0 spiro atoms. The molecule has 7 nitrogen and oxygen atoms in total. The number of thiazole rings is 1. The first-order valence-corrected chi connectivity index (χ1v) is 11.1. The summed E-state index contributed by atoms with van der Waals surface area (Å²) in [5.74, 6) is 1.15. The summed E-state index contributed by atoms with van der Waals surface area (Å²) in [5, 5.41) is 10.8. The van der Waals surface area contributed by atoms with Gasteiger partial charge in [-0.2, -0.15) is 0 Å². The Bertz CT molecular complexity index is 896. The lowest BCUT2D eigenvalue weighted by molar-refractivity contribution is -0.121. The Hall–Kier alpha value is -2.61. The largest absolute Gasteiger partial charge is 0.495 e. The number of hydrogen-bond acceptors (Lipinski definition) is 5. The van der Waals surface area contributed by atoms with Gasteiger partial charge in [-0.15, -0.1) is 11.3 Å². The highest BCUT2D eigenvalue weighted by molar-refractivity contribution is 7.14. The second-order valence-electron chi connectivity index (χ2n) is 8.78. The van der Waals surface area contributed by atoms with Gasteiger partial charge < -0.3 is 15.4 Å². The van der Waals surface area contributed by atoms with Crippen molar-refractivity contribution in [2.45, 2.75) is 52.5 Å². The first kappa shape index (κ1) is 22.1. The molecule has 0 saturated heterocycles. The Morgan fingerprint density at radius 3 is 2.73 bits per heavy atom. The van der Waals surface area contributed by atoms with Crippen molar-refractivity contribution in [3.63, 3.8) is 0 Å². The second-order valence-corrected chi connectivity index (χ2v) is 9.64. The van der Waals surface area contributed by atoms with Gasteiger partial charge >= 0.3 is 6.03 Å². The molecule has 1 aliphatic rings. The summed E-state index contributed by atoms with van der Waals surface area (Å²) in [6, 6.07) is 6.96. The maximum Gasteiger partial charge on any atom is 0.325 e. The molecule has 1 saturated carbocycles. The Labute approximate surface area is 181 Å². The molecule has 1 aromatic heterocycles. The van der Waals surface area contributed by atoms with Crippen molar-refractivity contribution in [2.75, 3.05) is 17.7 Å². The van der Waals surface area contributed by atoms with Gasteiger partial charge in [-0.25, -0.2) is 9.78 Å². The summed E-state index contributed by atoms with van der Waals surface area (Å²) in [5.41, 5.74) is 1.47. The maximum atomic E-state index is 12.5. The lowest BCUT2D eigenvalue weighted by Crippen LogP contribution is -2.43. The van der Waals surface area contributed by atoms with E-state index in [2.05, 4.69) is 41.7 Å². The van der Waals surface area contributed by atoms with Gasteiger partial charge in [-0.05, 0) is 42.7 Å². The van der Waals surface area contributed by atoms with Crippen LogP contribution in [0.5, 0.6) is 5.75 Å². The number of urea groups is 1. The predicted molar refractivity (Wildman–Crippen MR) is 120 cm³/mol. The number of carbonyl (C=O) groups is 2. The average Bonchev–Trinajstić information content (AvgIpc) is 3.06. The van der Waals surface area contributed by atoms with E-state index in [1.165, 1.54) is 17.8 Å². The predicted octanol–water partition coefficient (Wildman–Crippen LogP) is 4.67. The third-order valence-corrected chi connectivity index (χ3v) is 6.03. The van der Waals surface area contributed by atoms with Gasteiger partial charge in [-0.3, -0.25) is 10.1 Å². The molecule has 3 N–H and O–H groups in total. The highest BCUT2D eigenvalue weighted by Gasteiger charge is 2.32. The molecule has 3 amide bonds. The van der Waals surface area contributed by atoms with Gasteiger partial charge in [0.15, 0.2) is 5.13 Å². The van der Waals surface area contributed by atoms with E-state index in [4.69, 9.17) is 4.74 Å². The first-order chi connectivity index (χ1) is 14.2. The quantitative estimate of drug-likeness (QED) is 0.621. The van der Waals surface area contributed by atoms with Crippen molar-refractivity contribution in [3.05, 3.63) is 35.3 Å². The van der Waals surface area contributed by atoms with E-state index in [1.807, 2.05) is 12.1 Å². The van der Waals surface area contributed by atoms with E-state index in [0.29, 0.717) is 28.2 Å². The number of aromatic nitrogens is 1. The van der Waals surface area contributed by atoms with Crippen LogP contribution in [0, 0.1) is 11.3 Å². The highest BCUT2D eigenvalue weighted by Crippen LogP contribution is 2.38. The lowest BCUT2D eigenvalue weighted by Gasteiger charge is -2.39. The number of carbonyl (C=O) groups excluding carboxylic acids is 2. The fourth-order valence-electron chi connectivity index (χ4n) is 4.34. The Morgan fingerprint density at radius 2 is 2.00 bits per heavy atom. The summed E-state index contributed by atoms with van der Waals surface area (Å²) >= 11 is 1.29. The molecule has 1 aliphatic carbocycles. The average molecular weight is 431 g/mol. The van der Waals surface area contributed by atoms with E-state index in [1.54, 1.807) is 24.6 Å². The standard InChI is InChI=1S/C22H30N4O3S/c1-14-9-15(12-22(2,3)11-14)23-19(27)10-16-13-30-21(24-16)26-20(28)25-17-7-5-6-8-18(17)29-4/h5-8,13-15H,9-12H2,1-4H3,(H,23,27)(H2,24,25,26,28). The summed E-state index contributed by atoms with van der Waals surface area (Å²) in [4.78, 5) is 29.1. The lowest BCUT2D eigenvalue weighted by atomic mass is 9.70. The molecular weight excluding hydrogens is 400 g/mol. The molecule has 2 aromatic rings. The molecule has 1 fully saturated rings. The van der Waals surface area contributed by atoms with Crippen LogP contribution in [0.2, 0.25) is 0 Å². The molecule has 2 atom stereocenters. The van der Waals surface area contributed by atoms with Crippen LogP contribution in [0.1, 0.15) is 45.7 Å². The second kappa shape index (κ2) is 9.47. The minimum absolute atomic E-state index is 0.0276. The van der Waals surface area contributed by atoms with Crippen molar-refractivity contribution in [3.8, 4) is 5.75 Å². The monoisotopic (exact) mass is 430 g/mol. The Kier molecular flexibility index (Phi) is 6.97. The van der Waals surface area contributed by atoms with Crippen molar-refractivity contribution in [1.29, 1.82) is 0 Å². The molecule has 1 aromatic carbocycles. The van der Waals surface area contributed by atoms with Gasteiger partial charge in [0.1, 0.15) is 5.75 Å². The molecular formula is C22H30N4O3S. The molecule has 30 heavy (non-hydrogen) atoms. The fourth-order valence-corrected chi connectivity index (χ4v) is 5.05. The van der Waals surface area contributed by atoms with Crippen LogP contribution >= 0.6 is 11.3 Å². The zero-order chi connectivity index (χ0) is 21.7. The smallest absolute Gasteiger partial charge is 0.325 e. The number of rotatable bonds is 6. The van der Waals surface area contributed by atoms with Crippen LogP contribution in [0.4, 0.5) is 15.6 Å². The van der Waals surface area contributed by atoms with Gasteiger partial charge in [0.25, 0.3) is 0 Å². The number of ether oxygens (including phenoxy) is 1. The Balaban J connectivity index is 1.51. The van der Waals surface area contributed by atoms with Gasteiger partial charge in [0.05, 0.1) is 24.9 Å². The van der Waals surface area contributed by atoms with Crippen molar-refractivity contribution in [2.24, 2.45) is 11.3 Å². The zero-order valence-electron chi connectivity index (χ0n) is 18.0. The zero-order valence-corrected chi connectivity index (χ0v) is 18.8. The fraction of sp³-hybridized carbons (Fsp3) is 0.500.